The molecule has 2 heterocycles. The van der Waals surface area contributed by atoms with Crippen molar-refractivity contribution >= 4 is 0 Å². The molecule has 104 valence electrons. The van der Waals surface area contributed by atoms with Crippen LogP contribution in [0.15, 0.2) is 12.1 Å². The third-order valence-corrected chi connectivity index (χ3v) is 3.62. The summed E-state index contributed by atoms with van der Waals surface area (Å²) in [6.45, 7) is 2.86. The topological polar surface area (TPSA) is 47.7 Å². The summed E-state index contributed by atoms with van der Waals surface area (Å²) < 4.78 is 37.8. The molecule has 0 spiro atoms. The molecule has 1 fully saturated rings. The first-order valence-electron chi connectivity index (χ1n) is 6.36. The molecule has 0 saturated carbocycles. The Kier molecular flexibility index (Phi) is 3.38. The second kappa shape index (κ2) is 5.03. The van der Waals surface area contributed by atoms with Gasteiger partial charge in [-0.3, -0.25) is 4.90 Å². The van der Waals surface area contributed by atoms with Crippen molar-refractivity contribution in [3.8, 4) is 5.75 Å². The molecule has 6 heteroatoms. The fraction of sp³-hybridized carbons (Fsp3) is 0.538. The predicted molar refractivity (Wildman–Crippen MR) is 65.0 cm³/mol. The highest BCUT2D eigenvalue weighted by Crippen LogP contribution is 2.38. The Morgan fingerprint density at radius 2 is 1.95 bits per heavy atom. The van der Waals surface area contributed by atoms with Crippen molar-refractivity contribution in [2.24, 2.45) is 5.73 Å². The van der Waals surface area contributed by atoms with E-state index in [0.29, 0.717) is 31.9 Å². The summed E-state index contributed by atoms with van der Waals surface area (Å²) in [6.07, 6.45) is 0. The summed E-state index contributed by atoms with van der Waals surface area (Å²) in [5, 5.41) is 0. The van der Waals surface area contributed by atoms with Crippen LogP contribution in [0.1, 0.15) is 11.6 Å². The highest BCUT2D eigenvalue weighted by atomic mass is 19.1. The van der Waals surface area contributed by atoms with Gasteiger partial charge in [-0.2, -0.15) is 0 Å². The van der Waals surface area contributed by atoms with E-state index in [9.17, 15) is 8.78 Å². The summed E-state index contributed by atoms with van der Waals surface area (Å²) >= 11 is 0. The van der Waals surface area contributed by atoms with Crippen LogP contribution >= 0.6 is 0 Å². The molecule has 2 aliphatic heterocycles. The van der Waals surface area contributed by atoms with E-state index < -0.39 is 11.6 Å². The number of ether oxygens (including phenoxy) is 2. The van der Waals surface area contributed by atoms with E-state index in [2.05, 4.69) is 4.90 Å². The van der Waals surface area contributed by atoms with Gasteiger partial charge in [-0.25, -0.2) is 8.78 Å². The van der Waals surface area contributed by atoms with Crippen molar-refractivity contribution < 1.29 is 18.3 Å². The van der Waals surface area contributed by atoms with Crippen LogP contribution in [0.25, 0.3) is 0 Å². The first kappa shape index (κ1) is 12.8. The smallest absolute Gasteiger partial charge is 0.168 e. The standard InChI is InChI=1S/C13H16F2N2O2/c14-8-5-9-12(17-1-3-18-4-2-17)11(16)7-19-13(9)10(15)6-8/h5-6,11-12H,1-4,7,16H2. The molecule has 1 aromatic carbocycles. The van der Waals surface area contributed by atoms with Crippen LogP contribution in [0.3, 0.4) is 0 Å². The van der Waals surface area contributed by atoms with Crippen molar-refractivity contribution in [3.63, 3.8) is 0 Å². The van der Waals surface area contributed by atoms with Gasteiger partial charge in [0.1, 0.15) is 12.4 Å². The van der Waals surface area contributed by atoms with Crippen molar-refractivity contribution in [2.45, 2.75) is 12.1 Å². The third kappa shape index (κ3) is 2.31. The molecule has 0 aliphatic carbocycles. The van der Waals surface area contributed by atoms with E-state index >= 15 is 0 Å². The van der Waals surface area contributed by atoms with Gasteiger partial charge in [-0.15, -0.1) is 0 Å². The van der Waals surface area contributed by atoms with Gasteiger partial charge in [0.15, 0.2) is 11.6 Å². The third-order valence-electron chi connectivity index (χ3n) is 3.62. The number of morpholine rings is 1. The van der Waals surface area contributed by atoms with Crippen LogP contribution in [-0.2, 0) is 4.74 Å². The second-order valence-corrected chi connectivity index (χ2v) is 4.87. The van der Waals surface area contributed by atoms with Gasteiger partial charge in [0.2, 0.25) is 0 Å². The number of hydrogen-bond donors (Lipinski definition) is 1. The average Bonchev–Trinajstić information content (AvgIpc) is 2.39. The van der Waals surface area contributed by atoms with E-state index in [0.717, 1.165) is 6.07 Å². The zero-order valence-electron chi connectivity index (χ0n) is 10.4. The molecule has 3 rings (SSSR count). The maximum Gasteiger partial charge on any atom is 0.168 e. The zero-order valence-corrected chi connectivity index (χ0v) is 10.4. The van der Waals surface area contributed by atoms with E-state index in [1.807, 2.05) is 0 Å². The lowest BCUT2D eigenvalue weighted by molar-refractivity contribution is 0.000832. The van der Waals surface area contributed by atoms with Crippen LogP contribution < -0.4 is 10.5 Å². The summed E-state index contributed by atoms with van der Waals surface area (Å²) in [4.78, 5) is 2.11. The lowest BCUT2D eigenvalue weighted by Gasteiger charge is -2.41. The molecular formula is C13H16F2N2O2. The monoisotopic (exact) mass is 270 g/mol. The van der Waals surface area contributed by atoms with E-state index in [-0.39, 0.29) is 24.4 Å². The Balaban J connectivity index is 2.00. The first-order valence-corrected chi connectivity index (χ1v) is 6.36. The van der Waals surface area contributed by atoms with Gasteiger partial charge >= 0.3 is 0 Å². The zero-order chi connectivity index (χ0) is 13.4. The van der Waals surface area contributed by atoms with Gasteiger partial charge in [0, 0.05) is 24.7 Å². The minimum Gasteiger partial charge on any atom is -0.488 e. The van der Waals surface area contributed by atoms with Crippen LogP contribution in [0.2, 0.25) is 0 Å². The molecule has 0 aromatic heterocycles. The molecule has 2 unspecified atom stereocenters. The van der Waals surface area contributed by atoms with Crippen LogP contribution in [-0.4, -0.2) is 43.9 Å². The van der Waals surface area contributed by atoms with Gasteiger partial charge in [0.25, 0.3) is 0 Å². The minimum atomic E-state index is -0.667. The minimum absolute atomic E-state index is 0.125. The van der Waals surface area contributed by atoms with E-state index in [1.54, 1.807) is 0 Å². The van der Waals surface area contributed by atoms with Crippen molar-refractivity contribution in [1.29, 1.82) is 0 Å². The molecule has 19 heavy (non-hydrogen) atoms. The Morgan fingerprint density at radius 1 is 1.21 bits per heavy atom. The van der Waals surface area contributed by atoms with Gasteiger partial charge < -0.3 is 15.2 Å². The van der Waals surface area contributed by atoms with Crippen molar-refractivity contribution in [3.05, 3.63) is 29.3 Å². The molecule has 2 N–H and O–H groups in total. The molecule has 2 atom stereocenters. The Bertz CT molecular complexity index is 478. The highest BCUT2D eigenvalue weighted by Gasteiger charge is 2.35. The molecule has 1 aromatic rings. The van der Waals surface area contributed by atoms with E-state index in [4.69, 9.17) is 15.2 Å². The molecule has 2 aliphatic rings. The number of hydrogen-bond acceptors (Lipinski definition) is 4. The fourth-order valence-electron chi connectivity index (χ4n) is 2.78. The highest BCUT2D eigenvalue weighted by molar-refractivity contribution is 5.40. The van der Waals surface area contributed by atoms with Crippen molar-refractivity contribution in [2.75, 3.05) is 32.9 Å². The van der Waals surface area contributed by atoms with E-state index in [1.165, 1.54) is 6.07 Å². The number of fused-ring (bicyclic) bond motifs is 1. The number of benzene rings is 1. The molecule has 1 saturated heterocycles. The molecular weight excluding hydrogens is 254 g/mol. The average molecular weight is 270 g/mol. The SMILES string of the molecule is NC1COc2c(F)cc(F)cc2C1N1CCOCC1. The Labute approximate surface area is 110 Å². The van der Waals surface area contributed by atoms with Crippen LogP contribution in [0.4, 0.5) is 8.78 Å². The van der Waals surface area contributed by atoms with Crippen molar-refractivity contribution in [1.82, 2.24) is 4.90 Å². The maximum atomic E-state index is 13.8. The van der Waals surface area contributed by atoms with Gasteiger partial charge in [-0.05, 0) is 6.07 Å². The van der Waals surface area contributed by atoms with Crippen LogP contribution in [0, 0.1) is 11.6 Å². The summed E-state index contributed by atoms with van der Waals surface area (Å²) in [5.41, 5.74) is 6.57. The second-order valence-electron chi connectivity index (χ2n) is 4.87. The van der Waals surface area contributed by atoms with Crippen LogP contribution in [0.5, 0.6) is 5.75 Å². The Hall–Kier alpha value is -1.24. The lowest BCUT2D eigenvalue weighted by atomic mass is 9.94. The lowest BCUT2D eigenvalue weighted by Crippen LogP contribution is -2.50. The molecule has 0 bridgehead atoms. The molecule has 0 radical (unpaired) electrons. The normalized spacial score (nSPS) is 27.7. The number of nitrogens with two attached hydrogens (primary N) is 1. The molecule has 0 amide bonds. The number of halogens is 2. The quantitative estimate of drug-likeness (QED) is 0.829. The van der Waals surface area contributed by atoms with Gasteiger partial charge in [-0.1, -0.05) is 0 Å². The maximum absolute atomic E-state index is 13.8. The summed E-state index contributed by atoms with van der Waals surface area (Å²) in [6, 6.07) is 1.63. The molecule has 4 nitrogen and oxygen atoms in total. The first-order chi connectivity index (χ1) is 9.16. The summed E-state index contributed by atoms with van der Waals surface area (Å²) in [7, 11) is 0. The number of nitrogens with zero attached hydrogens (tertiary/aromatic N) is 1. The number of rotatable bonds is 1. The largest absolute Gasteiger partial charge is 0.488 e. The summed E-state index contributed by atoms with van der Waals surface area (Å²) in [5.74, 6) is -1.15. The van der Waals surface area contributed by atoms with Gasteiger partial charge in [0.05, 0.1) is 25.3 Å². The predicted octanol–water partition coefficient (Wildman–Crippen LogP) is 1.06. The fourth-order valence-corrected chi connectivity index (χ4v) is 2.78. The Morgan fingerprint density at radius 3 is 2.68 bits per heavy atom.